The molecule has 2 rings (SSSR count). The van der Waals surface area contributed by atoms with Gasteiger partial charge in [-0.1, -0.05) is 28.4 Å². The molecule has 1 N–H and O–H groups in total. The van der Waals surface area contributed by atoms with Gasteiger partial charge < -0.3 is 10.1 Å². The Morgan fingerprint density at radius 1 is 1.38 bits per heavy atom. The molecule has 0 spiro atoms. The SMILES string of the molecule is Brc1cccc(OCC[C@@H]2CCCCN2)c1. The summed E-state index contributed by atoms with van der Waals surface area (Å²) in [4.78, 5) is 0. The molecule has 0 radical (unpaired) electrons. The van der Waals surface area contributed by atoms with Crippen LogP contribution in [0, 0.1) is 0 Å². The van der Waals surface area contributed by atoms with E-state index in [1.165, 1.54) is 25.8 Å². The Hall–Kier alpha value is -0.540. The Balaban J connectivity index is 1.71. The van der Waals surface area contributed by atoms with Gasteiger partial charge in [-0.15, -0.1) is 0 Å². The number of rotatable bonds is 4. The molecule has 1 atom stereocenters. The van der Waals surface area contributed by atoms with Crippen LogP contribution in [0.25, 0.3) is 0 Å². The number of halogens is 1. The topological polar surface area (TPSA) is 21.3 Å². The quantitative estimate of drug-likeness (QED) is 0.915. The number of hydrogen-bond acceptors (Lipinski definition) is 2. The Kier molecular flexibility index (Phi) is 4.67. The van der Waals surface area contributed by atoms with Gasteiger partial charge in [0, 0.05) is 10.5 Å². The third kappa shape index (κ3) is 3.80. The third-order valence-electron chi connectivity index (χ3n) is 2.94. The molecule has 1 aliphatic heterocycles. The van der Waals surface area contributed by atoms with E-state index < -0.39 is 0 Å². The Morgan fingerprint density at radius 3 is 3.06 bits per heavy atom. The molecule has 2 nitrogen and oxygen atoms in total. The predicted molar refractivity (Wildman–Crippen MR) is 69.9 cm³/mol. The van der Waals surface area contributed by atoms with Gasteiger partial charge >= 0.3 is 0 Å². The molecule has 0 unspecified atom stereocenters. The minimum Gasteiger partial charge on any atom is -0.493 e. The molecule has 3 heteroatoms. The molecule has 16 heavy (non-hydrogen) atoms. The van der Waals surface area contributed by atoms with Crippen LogP contribution in [0.4, 0.5) is 0 Å². The molecule has 1 saturated heterocycles. The van der Waals surface area contributed by atoms with Crippen LogP contribution in [-0.4, -0.2) is 19.2 Å². The molecular formula is C13H18BrNO. The lowest BCUT2D eigenvalue weighted by Crippen LogP contribution is -2.35. The standard InChI is InChI=1S/C13H18BrNO/c14-11-4-3-6-13(10-11)16-9-7-12-5-1-2-8-15-12/h3-4,6,10,12,15H,1-2,5,7-9H2/t12-/m0/s1. The minimum absolute atomic E-state index is 0.654. The van der Waals surface area contributed by atoms with Crippen molar-refractivity contribution in [2.45, 2.75) is 31.7 Å². The van der Waals surface area contributed by atoms with Crippen molar-refractivity contribution in [3.63, 3.8) is 0 Å². The van der Waals surface area contributed by atoms with E-state index in [0.29, 0.717) is 6.04 Å². The van der Waals surface area contributed by atoms with Crippen LogP contribution in [-0.2, 0) is 0 Å². The second-order valence-corrected chi connectivity index (χ2v) is 5.16. The van der Waals surface area contributed by atoms with E-state index in [9.17, 15) is 0 Å². The second kappa shape index (κ2) is 6.26. The van der Waals surface area contributed by atoms with Crippen molar-refractivity contribution in [2.24, 2.45) is 0 Å². The van der Waals surface area contributed by atoms with Crippen LogP contribution in [0.15, 0.2) is 28.7 Å². The molecule has 88 valence electrons. The number of hydrogen-bond donors (Lipinski definition) is 1. The van der Waals surface area contributed by atoms with Crippen molar-refractivity contribution >= 4 is 15.9 Å². The zero-order chi connectivity index (χ0) is 11.2. The largest absolute Gasteiger partial charge is 0.493 e. The van der Waals surface area contributed by atoms with Crippen molar-refractivity contribution in [1.82, 2.24) is 5.32 Å². The zero-order valence-electron chi connectivity index (χ0n) is 9.42. The summed E-state index contributed by atoms with van der Waals surface area (Å²) >= 11 is 3.44. The number of nitrogens with one attached hydrogen (secondary N) is 1. The van der Waals surface area contributed by atoms with Crippen LogP contribution >= 0.6 is 15.9 Å². The lowest BCUT2D eigenvalue weighted by molar-refractivity contribution is 0.268. The predicted octanol–water partition coefficient (Wildman–Crippen LogP) is 3.36. The Bertz CT molecular complexity index is 323. The highest BCUT2D eigenvalue weighted by Gasteiger charge is 2.11. The highest BCUT2D eigenvalue weighted by molar-refractivity contribution is 9.10. The molecule has 1 aromatic rings. The molecule has 0 bridgehead atoms. The van der Waals surface area contributed by atoms with E-state index in [1.807, 2.05) is 24.3 Å². The fourth-order valence-corrected chi connectivity index (χ4v) is 2.42. The minimum atomic E-state index is 0.654. The fourth-order valence-electron chi connectivity index (χ4n) is 2.05. The van der Waals surface area contributed by atoms with Gasteiger partial charge in [0.2, 0.25) is 0 Å². The van der Waals surface area contributed by atoms with Gasteiger partial charge in [0.15, 0.2) is 0 Å². The molecule has 1 fully saturated rings. The van der Waals surface area contributed by atoms with Gasteiger partial charge in [-0.05, 0) is 44.0 Å². The lowest BCUT2D eigenvalue weighted by atomic mass is 10.0. The average Bonchev–Trinajstić information content (AvgIpc) is 2.30. The van der Waals surface area contributed by atoms with Gasteiger partial charge in [0.1, 0.15) is 5.75 Å². The smallest absolute Gasteiger partial charge is 0.120 e. The van der Waals surface area contributed by atoms with Crippen LogP contribution in [0.1, 0.15) is 25.7 Å². The fraction of sp³-hybridized carbons (Fsp3) is 0.538. The lowest BCUT2D eigenvalue weighted by Gasteiger charge is -2.23. The van der Waals surface area contributed by atoms with Crippen LogP contribution < -0.4 is 10.1 Å². The Labute approximate surface area is 106 Å². The summed E-state index contributed by atoms with van der Waals surface area (Å²) in [7, 11) is 0. The van der Waals surface area contributed by atoms with Crippen molar-refractivity contribution in [2.75, 3.05) is 13.2 Å². The number of piperidine rings is 1. The Morgan fingerprint density at radius 2 is 2.31 bits per heavy atom. The van der Waals surface area contributed by atoms with Gasteiger partial charge in [-0.25, -0.2) is 0 Å². The molecule has 1 heterocycles. The van der Waals surface area contributed by atoms with Gasteiger partial charge in [-0.2, -0.15) is 0 Å². The van der Waals surface area contributed by atoms with E-state index in [1.54, 1.807) is 0 Å². The van der Waals surface area contributed by atoms with Gasteiger partial charge in [0.25, 0.3) is 0 Å². The highest BCUT2D eigenvalue weighted by Crippen LogP contribution is 2.18. The first kappa shape index (κ1) is 11.9. The average molecular weight is 284 g/mol. The number of benzene rings is 1. The first-order chi connectivity index (χ1) is 7.84. The second-order valence-electron chi connectivity index (χ2n) is 4.24. The monoisotopic (exact) mass is 283 g/mol. The van der Waals surface area contributed by atoms with Gasteiger partial charge in [0.05, 0.1) is 6.61 Å². The molecule has 0 aliphatic carbocycles. The first-order valence-corrected chi connectivity index (χ1v) is 6.75. The maximum Gasteiger partial charge on any atom is 0.120 e. The summed E-state index contributed by atoms with van der Waals surface area (Å²) in [5, 5.41) is 3.53. The maximum absolute atomic E-state index is 5.72. The van der Waals surface area contributed by atoms with Crippen molar-refractivity contribution in [3.05, 3.63) is 28.7 Å². The van der Waals surface area contributed by atoms with E-state index in [4.69, 9.17) is 4.74 Å². The summed E-state index contributed by atoms with van der Waals surface area (Å²) in [6, 6.07) is 8.67. The van der Waals surface area contributed by atoms with E-state index >= 15 is 0 Å². The summed E-state index contributed by atoms with van der Waals surface area (Å²) in [6.45, 7) is 1.97. The summed E-state index contributed by atoms with van der Waals surface area (Å²) in [6.07, 6.45) is 5.08. The van der Waals surface area contributed by atoms with Crippen LogP contribution in [0.2, 0.25) is 0 Å². The zero-order valence-corrected chi connectivity index (χ0v) is 11.0. The van der Waals surface area contributed by atoms with E-state index in [-0.39, 0.29) is 0 Å². The summed E-state index contributed by atoms with van der Waals surface area (Å²) in [5.74, 6) is 0.949. The van der Waals surface area contributed by atoms with Crippen LogP contribution in [0.3, 0.4) is 0 Å². The third-order valence-corrected chi connectivity index (χ3v) is 3.44. The summed E-state index contributed by atoms with van der Waals surface area (Å²) in [5.41, 5.74) is 0. The molecule has 0 saturated carbocycles. The van der Waals surface area contributed by atoms with Crippen molar-refractivity contribution < 1.29 is 4.74 Å². The van der Waals surface area contributed by atoms with E-state index in [2.05, 4.69) is 21.2 Å². The number of ether oxygens (including phenoxy) is 1. The summed E-state index contributed by atoms with van der Waals surface area (Å²) < 4.78 is 6.79. The highest BCUT2D eigenvalue weighted by atomic mass is 79.9. The van der Waals surface area contributed by atoms with Gasteiger partial charge in [-0.3, -0.25) is 0 Å². The molecule has 0 aromatic heterocycles. The molecule has 0 amide bonds. The normalized spacial score (nSPS) is 20.7. The molecule has 1 aromatic carbocycles. The molecular weight excluding hydrogens is 266 g/mol. The maximum atomic E-state index is 5.72. The van der Waals surface area contributed by atoms with Crippen LogP contribution in [0.5, 0.6) is 5.75 Å². The molecule has 1 aliphatic rings. The first-order valence-electron chi connectivity index (χ1n) is 5.96. The van der Waals surface area contributed by atoms with Crippen molar-refractivity contribution in [1.29, 1.82) is 0 Å². The van der Waals surface area contributed by atoms with Crippen molar-refractivity contribution in [3.8, 4) is 5.75 Å². The van der Waals surface area contributed by atoms with E-state index in [0.717, 1.165) is 23.2 Å².